The molecule has 0 aromatic carbocycles. The van der Waals surface area contributed by atoms with Crippen LogP contribution in [0.5, 0.6) is 0 Å². The van der Waals surface area contributed by atoms with Gasteiger partial charge >= 0.3 is 5.97 Å². The van der Waals surface area contributed by atoms with Crippen LogP contribution in [-0.2, 0) is 4.74 Å². The van der Waals surface area contributed by atoms with Crippen LogP contribution in [0.15, 0.2) is 11.4 Å². The highest BCUT2D eigenvalue weighted by atomic mass is 32.2. The van der Waals surface area contributed by atoms with Gasteiger partial charge in [0.1, 0.15) is 0 Å². The van der Waals surface area contributed by atoms with E-state index in [1.807, 2.05) is 25.3 Å². The van der Waals surface area contributed by atoms with Crippen molar-refractivity contribution in [3.05, 3.63) is 21.9 Å². The van der Waals surface area contributed by atoms with Crippen molar-refractivity contribution in [1.29, 1.82) is 0 Å². The lowest BCUT2D eigenvalue weighted by atomic mass is 10.2. The third-order valence-electron chi connectivity index (χ3n) is 1.96. The zero-order valence-electron chi connectivity index (χ0n) is 8.87. The van der Waals surface area contributed by atoms with Gasteiger partial charge in [-0.2, -0.15) is 0 Å². The van der Waals surface area contributed by atoms with Crippen LogP contribution in [0.25, 0.3) is 9.40 Å². The monoisotopic (exact) mass is 240 g/mol. The molecule has 15 heavy (non-hydrogen) atoms. The summed E-state index contributed by atoms with van der Waals surface area (Å²) in [6.07, 6.45) is -0.0628. The molecular formula is C11H12O2S2. The smallest absolute Gasteiger partial charge is 0.339 e. The van der Waals surface area contributed by atoms with Crippen molar-refractivity contribution < 1.29 is 9.53 Å². The number of aryl methyl sites for hydroxylation is 1. The number of esters is 1. The van der Waals surface area contributed by atoms with Crippen LogP contribution < -0.4 is 0 Å². The number of hydrogen-bond acceptors (Lipinski definition) is 4. The molecule has 2 aromatic rings. The van der Waals surface area contributed by atoms with E-state index < -0.39 is 0 Å². The zero-order chi connectivity index (χ0) is 11.0. The third-order valence-corrected chi connectivity index (χ3v) is 4.13. The predicted octanol–water partition coefficient (Wildman–Crippen LogP) is 3.84. The Balaban J connectivity index is 2.38. The van der Waals surface area contributed by atoms with Gasteiger partial charge in [-0.15, -0.1) is 22.7 Å². The number of thiophene rings is 2. The molecule has 0 N–H and O–H groups in total. The Hall–Kier alpha value is -0.870. The van der Waals surface area contributed by atoms with Gasteiger partial charge in [-0.1, -0.05) is 0 Å². The molecule has 0 radical (unpaired) electrons. The van der Waals surface area contributed by atoms with Gasteiger partial charge in [-0.3, -0.25) is 0 Å². The molecule has 2 nitrogen and oxygen atoms in total. The fraction of sp³-hybridized carbons (Fsp3) is 0.364. The summed E-state index contributed by atoms with van der Waals surface area (Å²) in [4.78, 5) is 13.0. The van der Waals surface area contributed by atoms with E-state index in [1.165, 1.54) is 8.89 Å². The maximum atomic E-state index is 11.7. The van der Waals surface area contributed by atoms with Gasteiger partial charge in [0, 0.05) is 15.6 Å². The fourth-order valence-corrected chi connectivity index (χ4v) is 3.60. The van der Waals surface area contributed by atoms with Gasteiger partial charge in [0.25, 0.3) is 0 Å². The second kappa shape index (κ2) is 3.94. The minimum absolute atomic E-state index is 0.0628. The summed E-state index contributed by atoms with van der Waals surface area (Å²) in [7, 11) is 0. The first-order chi connectivity index (χ1) is 7.08. The summed E-state index contributed by atoms with van der Waals surface area (Å²) in [6, 6.07) is 2.05. The number of carbonyl (C=O) groups is 1. The predicted molar refractivity (Wildman–Crippen MR) is 65.0 cm³/mol. The summed E-state index contributed by atoms with van der Waals surface area (Å²) in [5.41, 5.74) is 0.702. The molecule has 0 fully saturated rings. The lowest BCUT2D eigenvalue weighted by Gasteiger charge is -2.06. The van der Waals surface area contributed by atoms with Crippen LogP contribution in [-0.4, -0.2) is 12.1 Å². The van der Waals surface area contributed by atoms with Crippen molar-refractivity contribution in [2.24, 2.45) is 0 Å². The van der Waals surface area contributed by atoms with Crippen molar-refractivity contribution in [1.82, 2.24) is 0 Å². The fourth-order valence-electron chi connectivity index (χ4n) is 1.38. The normalized spacial score (nSPS) is 11.2. The SMILES string of the molecule is Cc1cc2c(C(=O)OC(C)C)csc2s1. The lowest BCUT2D eigenvalue weighted by molar-refractivity contribution is 0.0381. The Morgan fingerprint density at radius 3 is 2.87 bits per heavy atom. The van der Waals surface area contributed by atoms with Crippen molar-refractivity contribution >= 4 is 38.0 Å². The summed E-state index contributed by atoms with van der Waals surface area (Å²) in [6.45, 7) is 5.77. The van der Waals surface area contributed by atoms with E-state index in [-0.39, 0.29) is 12.1 Å². The van der Waals surface area contributed by atoms with Crippen LogP contribution >= 0.6 is 22.7 Å². The quantitative estimate of drug-likeness (QED) is 0.746. The molecule has 0 amide bonds. The van der Waals surface area contributed by atoms with Crippen LogP contribution in [0.4, 0.5) is 0 Å². The Labute approximate surface area is 96.5 Å². The van der Waals surface area contributed by atoms with E-state index in [4.69, 9.17) is 4.74 Å². The van der Waals surface area contributed by atoms with Crippen LogP contribution in [0.1, 0.15) is 29.1 Å². The van der Waals surface area contributed by atoms with Crippen LogP contribution in [0.3, 0.4) is 0 Å². The molecule has 2 rings (SSSR count). The van der Waals surface area contributed by atoms with E-state index in [9.17, 15) is 4.79 Å². The van der Waals surface area contributed by atoms with E-state index >= 15 is 0 Å². The van der Waals surface area contributed by atoms with E-state index in [2.05, 4.69) is 6.92 Å². The number of hydrogen-bond donors (Lipinski definition) is 0. The van der Waals surface area contributed by atoms with Gasteiger partial charge < -0.3 is 4.74 Å². The Bertz CT molecular complexity index is 494. The first kappa shape index (κ1) is 10.6. The van der Waals surface area contributed by atoms with Gasteiger partial charge in [-0.25, -0.2) is 4.79 Å². The molecule has 0 aliphatic heterocycles. The maximum absolute atomic E-state index is 11.7. The molecule has 0 saturated carbocycles. The second-order valence-corrected chi connectivity index (χ2v) is 6.06. The van der Waals surface area contributed by atoms with Crippen molar-refractivity contribution in [2.45, 2.75) is 26.9 Å². The largest absolute Gasteiger partial charge is 0.459 e. The molecule has 0 spiro atoms. The van der Waals surface area contributed by atoms with Gasteiger partial charge in [0.15, 0.2) is 0 Å². The Morgan fingerprint density at radius 1 is 1.47 bits per heavy atom. The standard InChI is InChI=1S/C11H12O2S2/c1-6(2)13-10(12)9-5-14-11-8(9)4-7(3)15-11/h4-6H,1-3H3. The zero-order valence-corrected chi connectivity index (χ0v) is 10.5. The van der Waals surface area contributed by atoms with Crippen LogP contribution in [0, 0.1) is 6.92 Å². The first-order valence-electron chi connectivity index (χ1n) is 4.76. The third kappa shape index (κ3) is 2.06. The highest BCUT2D eigenvalue weighted by Crippen LogP contribution is 2.33. The minimum Gasteiger partial charge on any atom is -0.459 e. The highest BCUT2D eigenvalue weighted by molar-refractivity contribution is 7.37. The van der Waals surface area contributed by atoms with E-state index in [1.54, 1.807) is 22.7 Å². The molecule has 0 aliphatic carbocycles. The average Bonchev–Trinajstić information content (AvgIpc) is 2.60. The number of fused-ring (bicyclic) bond motifs is 1. The number of carbonyl (C=O) groups excluding carboxylic acids is 1. The molecule has 0 bridgehead atoms. The topological polar surface area (TPSA) is 26.3 Å². The van der Waals surface area contributed by atoms with Crippen molar-refractivity contribution in [2.75, 3.05) is 0 Å². The maximum Gasteiger partial charge on any atom is 0.339 e. The van der Waals surface area contributed by atoms with Gasteiger partial charge in [-0.05, 0) is 26.8 Å². The highest BCUT2D eigenvalue weighted by Gasteiger charge is 2.16. The minimum atomic E-state index is -0.214. The second-order valence-electron chi connectivity index (χ2n) is 3.66. The molecule has 0 aliphatic rings. The molecule has 0 saturated heterocycles. The Morgan fingerprint density at radius 2 is 2.20 bits per heavy atom. The summed E-state index contributed by atoms with van der Waals surface area (Å²) in [5, 5.41) is 2.92. The van der Waals surface area contributed by atoms with Crippen LogP contribution in [0.2, 0.25) is 0 Å². The van der Waals surface area contributed by atoms with E-state index in [0.717, 1.165) is 5.39 Å². The average molecular weight is 240 g/mol. The summed E-state index contributed by atoms with van der Waals surface area (Å²) in [5.74, 6) is -0.214. The van der Waals surface area contributed by atoms with Crippen molar-refractivity contribution in [3.63, 3.8) is 0 Å². The summed E-state index contributed by atoms with van der Waals surface area (Å²) >= 11 is 3.33. The van der Waals surface area contributed by atoms with Crippen molar-refractivity contribution in [3.8, 4) is 0 Å². The number of rotatable bonds is 2. The summed E-state index contributed by atoms with van der Waals surface area (Å²) < 4.78 is 6.38. The first-order valence-corrected chi connectivity index (χ1v) is 6.46. The van der Waals surface area contributed by atoms with Gasteiger partial charge in [0.2, 0.25) is 0 Å². The van der Waals surface area contributed by atoms with E-state index in [0.29, 0.717) is 5.56 Å². The molecular weight excluding hydrogens is 228 g/mol. The molecule has 4 heteroatoms. The molecule has 2 heterocycles. The molecule has 0 unspecified atom stereocenters. The Kier molecular flexibility index (Phi) is 2.80. The molecule has 2 aromatic heterocycles. The molecule has 80 valence electrons. The number of ether oxygens (including phenoxy) is 1. The lowest BCUT2D eigenvalue weighted by Crippen LogP contribution is -2.10. The van der Waals surface area contributed by atoms with Gasteiger partial charge in [0.05, 0.1) is 15.7 Å². The molecule has 0 atom stereocenters.